The zero-order valence-electron chi connectivity index (χ0n) is 18.8. The average molecular weight is 427 g/mol. The highest BCUT2D eigenvalue weighted by molar-refractivity contribution is 5.96. The van der Waals surface area contributed by atoms with Gasteiger partial charge in [-0.1, -0.05) is 12.1 Å². The Morgan fingerprint density at radius 1 is 1.13 bits per heavy atom. The van der Waals surface area contributed by atoms with E-state index in [4.69, 9.17) is 4.74 Å². The number of nitrogens with zero attached hydrogens (tertiary/aromatic N) is 1. The summed E-state index contributed by atoms with van der Waals surface area (Å²) in [5.74, 6) is 1.54. The first kappa shape index (κ1) is 23.4. The first-order valence-corrected chi connectivity index (χ1v) is 11.4. The standard InChI is InChI=1S/C26H35FN2O2/c1-20-19-23(25(30)9-5-22-11-14-28-15-12-22)6-10-26(20)31-18-17-29(2)16-13-21-3-7-24(27)8-4-21/h3-4,6-8,10,19,22,28H,5,9,11-18H2,1-2H3. The summed E-state index contributed by atoms with van der Waals surface area (Å²) in [5.41, 5.74) is 2.92. The number of ether oxygens (including phenoxy) is 1. The summed E-state index contributed by atoms with van der Waals surface area (Å²) in [6.45, 7) is 6.42. The lowest BCUT2D eigenvalue weighted by molar-refractivity contribution is 0.0970. The maximum Gasteiger partial charge on any atom is 0.162 e. The number of hydrogen-bond acceptors (Lipinski definition) is 4. The molecule has 0 unspecified atom stereocenters. The highest BCUT2D eigenvalue weighted by Gasteiger charge is 2.16. The van der Waals surface area contributed by atoms with Gasteiger partial charge in [0.05, 0.1) is 0 Å². The second-order valence-electron chi connectivity index (χ2n) is 8.66. The highest BCUT2D eigenvalue weighted by atomic mass is 19.1. The van der Waals surface area contributed by atoms with E-state index in [0.717, 1.165) is 61.5 Å². The minimum atomic E-state index is -0.199. The van der Waals surface area contributed by atoms with Crippen LogP contribution < -0.4 is 10.1 Å². The summed E-state index contributed by atoms with van der Waals surface area (Å²) in [6, 6.07) is 12.4. The van der Waals surface area contributed by atoms with E-state index in [2.05, 4.69) is 17.3 Å². The van der Waals surface area contributed by atoms with Gasteiger partial charge < -0.3 is 15.0 Å². The molecule has 0 radical (unpaired) electrons. The van der Waals surface area contributed by atoms with E-state index in [-0.39, 0.29) is 11.6 Å². The van der Waals surface area contributed by atoms with Crippen LogP contribution in [-0.2, 0) is 6.42 Å². The maximum absolute atomic E-state index is 13.0. The minimum Gasteiger partial charge on any atom is -0.492 e. The van der Waals surface area contributed by atoms with Crippen molar-refractivity contribution in [3.63, 3.8) is 0 Å². The Hall–Kier alpha value is -2.24. The summed E-state index contributed by atoms with van der Waals surface area (Å²) in [7, 11) is 2.06. The largest absolute Gasteiger partial charge is 0.492 e. The third-order valence-electron chi connectivity index (χ3n) is 6.16. The summed E-state index contributed by atoms with van der Waals surface area (Å²) in [6.07, 6.45) is 4.85. The van der Waals surface area contributed by atoms with Crippen molar-refractivity contribution in [1.82, 2.24) is 10.2 Å². The van der Waals surface area contributed by atoms with Crippen LogP contribution in [0.2, 0.25) is 0 Å². The molecule has 1 aliphatic rings. The van der Waals surface area contributed by atoms with Crippen LogP contribution in [0.15, 0.2) is 42.5 Å². The number of carbonyl (C=O) groups excluding carboxylic acids is 1. The number of nitrogens with one attached hydrogen (secondary N) is 1. The summed E-state index contributed by atoms with van der Waals surface area (Å²) in [5, 5.41) is 3.37. The van der Waals surface area contributed by atoms with Crippen LogP contribution in [0.5, 0.6) is 5.75 Å². The molecule has 1 heterocycles. The number of rotatable bonds is 11. The first-order chi connectivity index (χ1) is 15.0. The molecule has 0 spiro atoms. The number of hydrogen-bond donors (Lipinski definition) is 1. The SMILES string of the molecule is Cc1cc(C(=O)CCC2CCNCC2)ccc1OCCN(C)CCc1ccc(F)cc1. The number of piperidine rings is 1. The van der Waals surface area contributed by atoms with E-state index in [9.17, 15) is 9.18 Å². The molecule has 2 aromatic rings. The van der Waals surface area contributed by atoms with Crippen LogP contribution in [0.3, 0.4) is 0 Å². The van der Waals surface area contributed by atoms with Crippen molar-refractivity contribution in [1.29, 1.82) is 0 Å². The molecular formula is C26H35FN2O2. The summed E-state index contributed by atoms with van der Waals surface area (Å²) >= 11 is 0. The van der Waals surface area contributed by atoms with Crippen molar-refractivity contribution in [3.8, 4) is 5.75 Å². The van der Waals surface area contributed by atoms with Crippen molar-refractivity contribution in [2.45, 2.75) is 39.0 Å². The number of Topliss-reactive ketones (excluding diaryl/α,β-unsaturated/α-hetero) is 1. The van der Waals surface area contributed by atoms with Gasteiger partial charge in [-0.15, -0.1) is 0 Å². The smallest absolute Gasteiger partial charge is 0.162 e. The van der Waals surface area contributed by atoms with E-state index in [1.54, 1.807) is 0 Å². The second kappa shape index (κ2) is 12.0. The highest BCUT2D eigenvalue weighted by Crippen LogP contribution is 2.23. The first-order valence-electron chi connectivity index (χ1n) is 11.4. The van der Waals surface area contributed by atoms with Crippen molar-refractivity contribution in [3.05, 3.63) is 65.0 Å². The molecule has 1 aliphatic heterocycles. The monoisotopic (exact) mass is 426 g/mol. The van der Waals surface area contributed by atoms with E-state index in [1.165, 1.54) is 25.0 Å². The van der Waals surface area contributed by atoms with Crippen molar-refractivity contribution >= 4 is 5.78 Å². The molecule has 1 fully saturated rings. The van der Waals surface area contributed by atoms with Gasteiger partial charge in [0.15, 0.2) is 5.78 Å². The van der Waals surface area contributed by atoms with Gasteiger partial charge in [0, 0.05) is 25.1 Å². The van der Waals surface area contributed by atoms with Gasteiger partial charge in [0.2, 0.25) is 0 Å². The molecule has 3 rings (SSSR count). The normalized spacial score (nSPS) is 14.7. The molecule has 168 valence electrons. The summed E-state index contributed by atoms with van der Waals surface area (Å²) < 4.78 is 18.9. The van der Waals surface area contributed by atoms with E-state index in [0.29, 0.717) is 18.9 Å². The van der Waals surface area contributed by atoms with Crippen molar-refractivity contribution in [2.24, 2.45) is 5.92 Å². The predicted octanol–water partition coefficient (Wildman–Crippen LogP) is 4.65. The number of ketones is 1. The zero-order valence-corrected chi connectivity index (χ0v) is 18.8. The zero-order chi connectivity index (χ0) is 22.1. The Balaban J connectivity index is 1.39. The van der Waals surface area contributed by atoms with Crippen LogP contribution in [-0.4, -0.2) is 50.5 Å². The third-order valence-corrected chi connectivity index (χ3v) is 6.16. The molecular weight excluding hydrogens is 391 g/mol. The molecule has 0 amide bonds. The van der Waals surface area contributed by atoms with Gasteiger partial charge in [-0.05, 0) is 100 Å². The lowest BCUT2D eigenvalue weighted by Gasteiger charge is -2.22. The lowest BCUT2D eigenvalue weighted by Crippen LogP contribution is -2.28. The molecule has 4 nitrogen and oxygen atoms in total. The second-order valence-corrected chi connectivity index (χ2v) is 8.66. The average Bonchev–Trinajstić information content (AvgIpc) is 2.79. The van der Waals surface area contributed by atoms with Crippen LogP contribution >= 0.6 is 0 Å². The maximum atomic E-state index is 13.0. The number of halogens is 1. The Kier molecular flexibility index (Phi) is 9.04. The predicted molar refractivity (Wildman–Crippen MR) is 123 cm³/mol. The molecule has 1 N–H and O–H groups in total. The fraction of sp³-hybridized carbons (Fsp3) is 0.500. The van der Waals surface area contributed by atoms with Crippen molar-refractivity contribution < 1.29 is 13.9 Å². The molecule has 0 atom stereocenters. The number of likely N-dealkylation sites (N-methyl/N-ethyl adjacent to an activating group) is 1. The molecule has 0 aromatic heterocycles. The minimum absolute atomic E-state index is 0.199. The van der Waals surface area contributed by atoms with Crippen LogP contribution in [0.25, 0.3) is 0 Å². The van der Waals surface area contributed by atoms with E-state index in [1.807, 2.05) is 37.3 Å². The van der Waals surface area contributed by atoms with Crippen LogP contribution in [0.1, 0.15) is 47.2 Å². The van der Waals surface area contributed by atoms with Gasteiger partial charge in [-0.25, -0.2) is 4.39 Å². The Bertz CT molecular complexity index is 832. The molecule has 0 saturated carbocycles. The molecule has 5 heteroatoms. The Morgan fingerprint density at radius 3 is 2.58 bits per heavy atom. The van der Waals surface area contributed by atoms with Gasteiger partial charge >= 0.3 is 0 Å². The fourth-order valence-electron chi connectivity index (χ4n) is 4.03. The van der Waals surface area contributed by atoms with Gasteiger partial charge in [-0.3, -0.25) is 4.79 Å². The molecule has 31 heavy (non-hydrogen) atoms. The number of aryl methyl sites for hydroxylation is 1. The topological polar surface area (TPSA) is 41.6 Å². The summed E-state index contributed by atoms with van der Waals surface area (Å²) in [4.78, 5) is 14.8. The quantitative estimate of drug-likeness (QED) is 0.531. The number of benzene rings is 2. The van der Waals surface area contributed by atoms with Crippen molar-refractivity contribution in [2.75, 3.05) is 39.8 Å². The number of carbonyl (C=O) groups is 1. The molecule has 2 aromatic carbocycles. The van der Waals surface area contributed by atoms with Gasteiger partial charge in [0.25, 0.3) is 0 Å². The van der Waals surface area contributed by atoms with E-state index < -0.39 is 0 Å². The van der Waals surface area contributed by atoms with Crippen LogP contribution in [0, 0.1) is 18.7 Å². The van der Waals surface area contributed by atoms with Gasteiger partial charge in [0.1, 0.15) is 18.2 Å². The Labute approximate surface area is 185 Å². The molecule has 0 aliphatic carbocycles. The Morgan fingerprint density at radius 2 is 1.87 bits per heavy atom. The fourth-order valence-corrected chi connectivity index (χ4v) is 4.03. The lowest BCUT2D eigenvalue weighted by atomic mass is 9.91. The van der Waals surface area contributed by atoms with E-state index >= 15 is 0 Å². The molecule has 1 saturated heterocycles. The van der Waals surface area contributed by atoms with Crippen LogP contribution in [0.4, 0.5) is 4.39 Å². The third kappa shape index (κ3) is 7.75. The molecule has 0 bridgehead atoms. The van der Waals surface area contributed by atoms with Gasteiger partial charge in [-0.2, -0.15) is 0 Å².